The lowest BCUT2D eigenvalue weighted by Crippen LogP contribution is -2.79. The number of ether oxygens (including phenoxy) is 3. The summed E-state index contributed by atoms with van der Waals surface area (Å²) in [5.74, 6) is -26.9. The molecule has 0 aliphatic carbocycles. The molecule has 0 aromatic rings. The fourth-order valence-electron chi connectivity index (χ4n) is 3.01. The van der Waals surface area contributed by atoms with Crippen LogP contribution in [-0.4, -0.2) is 73.5 Å². The van der Waals surface area contributed by atoms with E-state index in [1.54, 1.807) is 0 Å². The zero-order valence-electron chi connectivity index (χ0n) is 15.3. The van der Waals surface area contributed by atoms with Gasteiger partial charge < -0.3 is 19.3 Å². The topological polar surface area (TPSA) is 47.9 Å². The molecule has 0 radical (unpaired) electrons. The Bertz CT molecular complexity index is 742. The average molecular weight is 726 g/mol. The van der Waals surface area contributed by atoms with E-state index in [-0.39, 0.29) is 22.6 Å². The number of alkyl halides is 14. The molecule has 0 aromatic carbocycles. The first-order chi connectivity index (χ1) is 13.9. The van der Waals surface area contributed by atoms with E-state index in [9.17, 15) is 57.8 Å². The summed E-state index contributed by atoms with van der Waals surface area (Å²) in [4.78, 5) is 0. The molecular formula is C14H12F12I2O4. The van der Waals surface area contributed by atoms with Crippen LogP contribution in [0.25, 0.3) is 0 Å². The highest BCUT2D eigenvalue weighted by atomic mass is 127. The third-order valence-electron chi connectivity index (χ3n) is 5.14. The summed E-state index contributed by atoms with van der Waals surface area (Å²) in [5, 5.41) is 9.36. The van der Waals surface area contributed by atoms with E-state index in [1.807, 2.05) is 0 Å². The highest BCUT2D eigenvalue weighted by molar-refractivity contribution is 14.1. The molecule has 4 atom stereocenters. The van der Waals surface area contributed by atoms with Crippen molar-refractivity contribution in [3.63, 3.8) is 0 Å². The maximum atomic E-state index is 14.8. The summed E-state index contributed by atoms with van der Waals surface area (Å²) in [6, 6.07) is 0. The van der Waals surface area contributed by atoms with E-state index in [1.165, 1.54) is 0 Å². The molecule has 0 amide bonds. The molecule has 18 heteroatoms. The van der Waals surface area contributed by atoms with E-state index in [4.69, 9.17) is 0 Å². The number of hydrogen-bond donors (Lipinski definition) is 1. The van der Waals surface area contributed by atoms with Gasteiger partial charge in [0.15, 0.2) is 3.42 Å². The Kier molecular flexibility index (Phi) is 6.93. The minimum Gasteiger partial charge on any atom is -0.354 e. The molecule has 2 aliphatic heterocycles. The van der Waals surface area contributed by atoms with Crippen molar-refractivity contribution < 1.29 is 72.0 Å². The molecule has 2 saturated heterocycles. The monoisotopic (exact) mass is 726 g/mol. The minimum absolute atomic E-state index is 0.0422. The molecule has 2 rings (SSSR count). The smallest absolute Gasteiger partial charge is 0.354 e. The highest BCUT2D eigenvalue weighted by Gasteiger charge is 2.87. The van der Waals surface area contributed by atoms with Crippen molar-refractivity contribution in [1.29, 1.82) is 0 Å². The van der Waals surface area contributed by atoms with E-state index < -0.39 is 74.8 Å². The fraction of sp³-hybridized carbons (Fsp3) is 1.00. The molecule has 2 heterocycles. The predicted octanol–water partition coefficient (Wildman–Crippen LogP) is 5.24. The summed E-state index contributed by atoms with van der Waals surface area (Å²) < 4.78 is 172. The van der Waals surface area contributed by atoms with Gasteiger partial charge in [-0.2, -0.15) is 43.9 Å². The van der Waals surface area contributed by atoms with Crippen molar-refractivity contribution in [3.05, 3.63) is 0 Å². The van der Waals surface area contributed by atoms with Crippen molar-refractivity contribution in [3.8, 4) is 0 Å². The standard InChI is InChI=1S/C14H12F12I2O4/c1-6(27)2-3-30-12(9(6,17)18,14(24,25)26)32-4-7(28)8(15,16)5-31-11(29,10(7,19)20)13(21,22)23/h29H,2-5H2,1H3/t6-,7?,11?,12?/m1/s1. The second-order valence-electron chi connectivity index (χ2n) is 7.28. The molecule has 32 heavy (non-hydrogen) atoms. The molecule has 3 unspecified atom stereocenters. The normalized spacial score (nSPS) is 42.0. The number of aliphatic hydroxyl groups is 1. The van der Waals surface area contributed by atoms with Gasteiger partial charge in [0.2, 0.25) is 0 Å². The number of hydrogen-bond acceptors (Lipinski definition) is 4. The van der Waals surface area contributed by atoms with Crippen molar-refractivity contribution >= 4 is 45.2 Å². The van der Waals surface area contributed by atoms with E-state index in [0.29, 0.717) is 6.92 Å². The van der Waals surface area contributed by atoms with Crippen LogP contribution in [0.2, 0.25) is 0 Å². The Balaban J connectivity index is 2.61. The summed E-state index contributed by atoms with van der Waals surface area (Å²) in [7, 11) is 0. The van der Waals surface area contributed by atoms with Gasteiger partial charge in [-0.3, -0.25) is 0 Å². The van der Waals surface area contributed by atoms with Crippen LogP contribution in [0.5, 0.6) is 0 Å². The van der Waals surface area contributed by atoms with E-state index in [0.717, 1.165) is 22.6 Å². The Labute approximate surface area is 198 Å². The number of rotatable bonds is 3. The van der Waals surface area contributed by atoms with Gasteiger partial charge in [-0.05, 0) is 13.3 Å². The molecule has 190 valence electrons. The average Bonchev–Trinajstić information content (AvgIpc) is 2.57. The van der Waals surface area contributed by atoms with Crippen LogP contribution in [-0.2, 0) is 14.2 Å². The van der Waals surface area contributed by atoms with Crippen LogP contribution in [0, 0.1) is 0 Å². The van der Waals surface area contributed by atoms with Crippen LogP contribution in [0.4, 0.5) is 52.7 Å². The zero-order valence-corrected chi connectivity index (χ0v) is 19.6. The molecule has 4 nitrogen and oxygen atoms in total. The first-order valence-electron chi connectivity index (χ1n) is 8.16. The zero-order chi connectivity index (χ0) is 25.4. The van der Waals surface area contributed by atoms with Crippen LogP contribution in [0.15, 0.2) is 0 Å². The van der Waals surface area contributed by atoms with Gasteiger partial charge in [-0.15, -0.1) is 0 Å². The van der Waals surface area contributed by atoms with Crippen molar-refractivity contribution in [2.24, 2.45) is 0 Å². The van der Waals surface area contributed by atoms with Gasteiger partial charge in [0.25, 0.3) is 5.92 Å². The van der Waals surface area contributed by atoms with Crippen molar-refractivity contribution in [1.82, 2.24) is 0 Å². The quantitative estimate of drug-likeness (QED) is 0.246. The maximum absolute atomic E-state index is 14.8. The van der Waals surface area contributed by atoms with Crippen LogP contribution >= 0.6 is 45.2 Å². The first kappa shape index (κ1) is 28.7. The molecule has 2 fully saturated rings. The Morgan fingerprint density at radius 1 is 0.875 bits per heavy atom. The van der Waals surface area contributed by atoms with Gasteiger partial charge >= 0.3 is 35.8 Å². The summed E-state index contributed by atoms with van der Waals surface area (Å²) >= 11 is 0.867. The Morgan fingerprint density at radius 2 is 1.38 bits per heavy atom. The summed E-state index contributed by atoms with van der Waals surface area (Å²) in [5.41, 5.74) is 0. The van der Waals surface area contributed by atoms with Crippen LogP contribution in [0.1, 0.15) is 13.3 Å². The van der Waals surface area contributed by atoms with E-state index in [2.05, 4.69) is 14.2 Å². The second kappa shape index (κ2) is 7.73. The molecule has 2 aliphatic rings. The maximum Gasteiger partial charge on any atom is 0.449 e. The minimum atomic E-state index is -6.41. The van der Waals surface area contributed by atoms with E-state index >= 15 is 0 Å². The molecule has 0 spiro atoms. The molecule has 0 bridgehead atoms. The molecule has 1 N–H and O–H groups in total. The lowest BCUT2D eigenvalue weighted by atomic mass is 9.85. The van der Waals surface area contributed by atoms with Gasteiger partial charge in [-0.1, -0.05) is 45.2 Å². The highest BCUT2D eigenvalue weighted by Crippen LogP contribution is 2.62. The Hall–Kier alpha value is 0.460. The molecular weight excluding hydrogens is 714 g/mol. The predicted molar refractivity (Wildman–Crippen MR) is 96.3 cm³/mol. The van der Waals surface area contributed by atoms with Gasteiger partial charge in [0.1, 0.15) is 6.61 Å². The van der Waals surface area contributed by atoms with Gasteiger partial charge in [0, 0.05) is 0 Å². The SMILES string of the molecule is C[C@@]1(I)CCOC(OCC2(I)C(F)(F)COC(O)(C(F)(F)F)C2(F)F)(C(F)(F)F)C1(F)F. The number of halogens is 14. The third kappa shape index (κ3) is 3.62. The largest absolute Gasteiger partial charge is 0.449 e. The second-order valence-corrected chi connectivity index (χ2v) is 11.5. The van der Waals surface area contributed by atoms with Crippen LogP contribution in [0.3, 0.4) is 0 Å². The summed E-state index contributed by atoms with van der Waals surface area (Å²) in [6.45, 7) is -5.73. The van der Waals surface area contributed by atoms with Gasteiger partial charge in [-0.25, -0.2) is 8.78 Å². The van der Waals surface area contributed by atoms with Crippen LogP contribution < -0.4 is 0 Å². The lowest BCUT2D eigenvalue weighted by molar-refractivity contribution is -0.483. The van der Waals surface area contributed by atoms with Crippen molar-refractivity contribution in [2.75, 3.05) is 19.8 Å². The lowest BCUT2D eigenvalue weighted by Gasteiger charge is -2.54. The van der Waals surface area contributed by atoms with Crippen molar-refractivity contribution in [2.45, 2.75) is 61.9 Å². The van der Waals surface area contributed by atoms with Gasteiger partial charge in [0.05, 0.1) is 16.6 Å². The first-order valence-corrected chi connectivity index (χ1v) is 10.3. The Morgan fingerprint density at radius 3 is 1.81 bits per heavy atom. The molecule has 0 saturated carbocycles. The molecule has 0 aromatic heterocycles. The fourth-order valence-corrected chi connectivity index (χ4v) is 4.26. The summed E-state index contributed by atoms with van der Waals surface area (Å²) in [6.07, 6.45) is -13.3. The third-order valence-corrected chi connectivity index (χ3v) is 8.14.